The van der Waals surface area contributed by atoms with E-state index in [-0.39, 0.29) is 5.56 Å². The molecule has 5 nitrogen and oxygen atoms in total. The molecule has 0 fully saturated rings. The fourth-order valence-corrected chi connectivity index (χ4v) is 2.71. The number of aromatic nitrogens is 1. The van der Waals surface area contributed by atoms with Crippen molar-refractivity contribution in [2.45, 2.75) is 13.0 Å². The van der Waals surface area contributed by atoms with Gasteiger partial charge in [-0.05, 0) is 31.2 Å². The molecule has 0 spiro atoms. The van der Waals surface area contributed by atoms with Crippen LogP contribution in [-0.2, 0) is 0 Å². The minimum atomic E-state index is -0.688. The number of hydrogen-bond acceptors (Lipinski definition) is 3. The van der Waals surface area contributed by atoms with E-state index in [0.29, 0.717) is 13.1 Å². The second kappa shape index (κ2) is 8.44. The smallest absolute Gasteiger partial charge is 0.315 e. The van der Waals surface area contributed by atoms with Crippen molar-refractivity contribution in [1.82, 2.24) is 15.6 Å². The molecule has 3 N–H and O–H groups in total. The van der Waals surface area contributed by atoms with Crippen LogP contribution >= 0.6 is 0 Å². The van der Waals surface area contributed by atoms with Crippen LogP contribution in [0.3, 0.4) is 0 Å². The SMILES string of the molecule is CC(NC(=O)NCCNc1ccc2ccccc2n1)c1ccc(F)cc1F. The van der Waals surface area contributed by atoms with Crippen LogP contribution in [-0.4, -0.2) is 24.1 Å². The molecule has 0 radical (unpaired) electrons. The number of nitrogens with one attached hydrogen (secondary N) is 3. The monoisotopic (exact) mass is 370 g/mol. The highest BCUT2D eigenvalue weighted by Gasteiger charge is 2.13. The number of halogens is 2. The quantitative estimate of drug-likeness (QED) is 0.575. The van der Waals surface area contributed by atoms with E-state index in [0.717, 1.165) is 28.9 Å². The highest BCUT2D eigenvalue weighted by Crippen LogP contribution is 2.17. The summed E-state index contributed by atoms with van der Waals surface area (Å²) in [6.45, 7) is 2.48. The lowest BCUT2D eigenvalue weighted by Crippen LogP contribution is -2.39. The van der Waals surface area contributed by atoms with Crippen molar-refractivity contribution in [1.29, 1.82) is 0 Å². The van der Waals surface area contributed by atoms with E-state index < -0.39 is 23.7 Å². The summed E-state index contributed by atoms with van der Waals surface area (Å²) in [7, 11) is 0. The van der Waals surface area contributed by atoms with Crippen LogP contribution in [0.4, 0.5) is 19.4 Å². The highest BCUT2D eigenvalue weighted by atomic mass is 19.1. The number of rotatable bonds is 6. The molecule has 7 heteroatoms. The molecule has 0 bridgehead atoms. The maximum Gasteiger partial charge on any atom is 0.315 e. The molecule has 3 rings (SSSR count). The number of anilines is 1. The Balaban J connectivity index is 1.44. The Labute approximate surface area is 155 Å². The Morgan fingerprint density at radius 2 is 1.89 bits per heavy atom. The largest absolute Gasteiger partial charge is 0.368 e. The zero-order valence-corrected chi connectivity index (χ0v) is 14.8. The van der Waals surface area contributed by atoms with Gasteiger partial charge in [-0.3, -0.25) is 0 Å². The Hall–Kier alpha value is -3.22. The summed E-state index contributed by atoms with van der Waals surface area (Å²) in [6, 6.07) is 13.9. The van der Waals surface area contributed by atoms with Crippen LogP contribution < -0.4 is 16.0 Å². The number of benzene rings is 2. The van der Waals surface area contributed by atoms with E-state index in [4.69, 9.17) is 0 Å². The number of nitrogens with zero attached hydrogens (tertiary/aromatic N) is 1. The summed E-state index contributed by atoms with van der Waals surface area (Å²) in [5, 5.41) is 9.50. The molecular formula is C20H20F2N4O. The van der Waals surface area contributed by atoms with Crippen molar-refractivity contribution in [3.8, 4) is 0 Å². The first-order chi connectivity index (χ1) is 13.0. The van der Waals surface area contributed by atoms with E-state index in [1.54, 1.807) is 6.92 Å². The van der Waals surface area contributed by atoms with E-state index >= 15 is 0 Å². The number of fused-ring (bicyclic) bond motifs is 1. The van der Waals surface area contributed by atoms with Crippen molar-refractivity contribution in [3.05, 3.63) is 71.8 Å². The minimum absolute atomic E-state index is 0.227. The fourth-order valence-electron chi connectivity index (χ4n) is 2.71. The van der Waals surface area contributed by atoms with Gasteiger partial charge in [-0.15, -0.1) is 0 Å². The summed E-state index contributed by atoms with van der Waals surface area (Å²) < 4.78 is 26.7. The number of urea groups is 1. The average molecular weight is 370 g/mol. The number of para-hydroxylation sites is 1. The maximum atomic E-state index is 13.7. The van der Waals surface area contributed by atoms with E-state index in [9.17, 15) is 13.6 Å². The third-order valence-corrected chi connectivity index (χ3v) is 4.09. The predicted molar refractivity (Wildman–Crippen MR) is 102 cm³/mol. The molecule has 0 saturated heterocycles. The Kier molecular flexibility index (Phi) is 5.80. The van der Waals surface area contributed by atoms with Crippen molar-refractivity contribution in [2.24, 2.45) is 0 Å². The first kappa shape index (κ1) is 18.6. The van der Waals surface area contributed by atoms with Gasteiger partial charge in [-0.25, -0.2) is 18.6 Å². The molecule has 3 aromatic rings. The molecule has 27 heavy (non-hydrogen) atoms. The molecule has 1 aromatic heterocycles. The lowest BCUT2D eigenvalue weighted by Gasteiger charge is -2.16. The summed E-state index contributed by atoms with van der Waals surface area (Å²) in [4.78, 5) is 16.4. The molecule has 2 amide bonds. The summed E-state index contributed by atoms with van der Waals surface area (Å²) in [5.74, 6) is -0.620. The molecule has 0 aliphatic rings. The number of carbonyl (C=O) groups excluding carboxylic acids is 1. The standard InChI is InChI=1S/C20H20F2N4O/c1-13(16-8-7-15(21)12-17(16)22)25-20(27)24-11-10-23-19-9-6-14-4-2-3-5-18(14)26-19/h2-9,12-13H,10-11H2,1H3,(H,23,26)(H2,24,25,27). The molecule has 140 valence electrons. The summed E-state index contributed by atoms with van der Waals surface area (Å²) in [5.41, 5.74) is 1.12. The molecule has 0 aliphatic carbocycles. The van der Waals surface area contributed by atoms with Gasteiger partial charge in [0.2, 0.25) is 0 Å². The van der Waals surface area contributed by atoms with Gasteiger partial charge in [0.05, 0.1) is 11.6 Å². The van der Waals surface area contributed by atoms with Gasteiger partial charge in [0.15, 0.2) is 0 Å². The third-order valence-electron chi connectivity index (χ3n) is 4.09. The maximum absolute atomic E-state index is 13.7. The van der Waals surface area contributed by atoms with Crippen LogP contribution in [0.25, 0.3) is 10.9 Å². The number of pyridine rings is 1. The molecule has 0 saturated carbocycles. The molecule has 2 aromatic carbocycles. The van der Waals surface area contributed by atoms with Crippen molar-refractivity contribution in [3.63, 3.8) is 0 Å². The van der Waals surface area contributed by atoms with Gasteiger partial charge in [0.1, 0.15) is 17.5 Å². The topological polar surface area (TPSA) is 66.1 Å². The summed E-state index contributed by atoms with van der Waals surface area (Å²) in [6.07, 6.45) is 0. The van der Waals surface area contributed by atoms with Crippen LogP contribution in [0, 0.1) is 11.6 Å². The lowest BCUT2D eigenvalue weighted by molar-refractivity contribution is 0.238. The zero-order valence-electron chi connectivity index (χ0n) is 14.8. The predicted octanol–water partition coefficient (Wildman–Crippen LogP) is 3.99. The molecule has 1 heterocycles. The summed E-state index contributed by atoms with van der Waals surface area (Å²) >= 11 is 0. The van der Waals surface area contributed by atoms with Gasteiger partial charge >= 0.3 is 6.03 Å². The van der Waals surface area contributed by atoms with Gasteiger partial charge in [-0.2, -0.15) is 0 Å². The second-order valence-electron chi connectivity index (χ2n) is 6.10. The van der Waals surface area contributed by atoms with Gasteiger partial charge in [0.25, 0.3) is 0 Å². The zero-order chi connectivity index (χ0) is 19.2. The van der Waals surface area contributed by atoms with Crippen molar-refractivity contribution >= 4 is 22.8 Å². The van der Waals surface area contributed by atoms with Gasteiger partial charge in [-0.1, -0.05) is 24.3 Å². The fraction of sp³-hybridized carbons (Fsp3) is 0.200. The Bertz CT molecular complexity index is 948. The number of amides is 2. The lowest BCUT2D eigenvalue weighted by atomic mass is 10.1. The van der Waals surface area contributed by atoms with Crippen LogP contribution in [0.2, 0.25) is 0 Å². The molecule has 1 atom stereocenters. The van der Waals surface area contributed by atoms with E-state index in [1.807, 2.05) is 36.4 Å². The van der Waals surface area contributed by atoms with Crippen LogP contribution in [0.15, 0.2) is 54.6 Å². The first-order valence-electron chi connectivity index (χ1n) is 8.62. The molecule has 0 aliphatic heterocycles. The van der Waals surface area contributed by atoms with Crippen molar-refractivity contribution < 1.29 is 13.6 Å². The van der Waals surface area contributed by atoms with Crippen LogP contribution in [0.5, 0.6) is 0 Å². The van der Waals surface area contributed by atoms with Gasteiger partial charge < -0.3 is 16.0 Å². The Morgan fingerprint density at radius 1 is 1.07 bits per heavy atom. The van der Waals surface area contributed by atoms with E-state index in [2.05, 4.69) is 20.9 Å². The minimum Gasteiger partial charge on any atom is -0.368 e. The third kappa shape index (κ3) is 4.91. The average Bonchev–Trinajstić information content (AvgIpc) is 2.65. The van der Waals surface area contributed by atoms with Crippen LogP contribution in [0.1, 0.15) is 18.5 Å². The van der Waals surface area contributed by atoms with Gasteiger partial charge in [0, 0.05) is 30.1 Å². The first-order valence-corrected chi connectivity index (χ1v) is 8.62. The molecular weight excluding hydrogens is 350 g/mol. The second-order valence-corrected chi connectivity index (χ2v) is 6.10. The number of hydrogen-bond donors (Lipinski definition) is 3. The Morgan fingerprint density at radius 3 is 2.70 bits per heavy atom. The highest BCUT2D eigenvalue weighted by molar-refractivity contribution is 5.80. The number of carbonyl (C=O) groups is 1. The van der Waals surface area contributed by atoms with E-state index in [1.165, 1.54) is 6.07 Å². The van der Waals surface area contributed by atoms with Crippen molar-refractivity contribution in [2.75, 3.05) is 18.4 Å². The molecule has 1 unspecified atom stereocenters. The normalized spacial score (nSPS) is 11.8.